The minimum atomic E-state index is -1.23. The number of hydrogen-bond donors (Lipinski definition) is 2. The van der Waals surface area contributed by atoms with Gasteiger partial charge in [0, 0.05) is 0 Å². The van der Waals surface area contributed by atoms with Crippen molar-refractivity contribution in [3.63, 3.8) is 0 Å². The zero-order valence-electron chi connectivity index (χ0n) is 3.24. The van der Waals surface area contributed by atoms with Gasteiger partial charge in [-0.05, 0) is 0 Å². The van der Waals surface area contributed by atoms with E-state index >= 15 is 0 Å². The molecule has 0 saturated heterocycles. The largest absolute Gasteiger partial charge is 0.411 e. The maximum absolute atomic E-state index is 11.3. The number of oxime groups is 2. The lowest BCUT2D eigenvalue weighted by atomic mass is 10.8. The molecule has 0 amide bonds. The highest BCUT2D eigenvalue weighted by molar-refractivity contribution is 6.25. The molecule has 0 spiro atoms. The van der Waals surface area contributed by atoms with Crippen LogP contribution in [0.4, 0.5) is 4.39 Å². The minimum Gasteiger partial charge on any atom is -0.411 e. The third-order valence-corrected chi connectivity index (χ3v) is 0.260. The Morgan fingerprint density at radius 1 is 1.57 bits per heavy atom. The van der Waals surface area contributed by atoms with Crippen molar-refractivity contribution >= 4 is 12.2 Å². The third kappa shape index (κ3) is 2.68. The molecule has 0 aromatic rings. The highest BCUT2D eigenvalue weighted by atomic mass is 19.1. The van der Waals surface area contributed by atoms with Gasteiger partial charge in [-0.25, -0.2) is 0 Å². The van der Waals surface area contributed by atoms with Crippen LogP contribution in [0.1, 0.15) is 0 Å². The SMILES string of the molecule is ON=CC(F)=NO. The van der Waals surface area contributed by atoms with Crippen molar-refractivity contribution in [3.8, 4) is 0 Å². The number of hydrogen-bond acceptors (Lipinski definition) is 4. The van der Waals surface area contributed by atoms with Crippen molar-refractivity contribution in [3.05, 3.63) is 0 Å². The molecule has 0 rings (SSSR count). The van der Waals surface area contributed by atoms with Crippen LogP contribution in [0, 0.1) is 0 Å². The fraction of sp³-hybridized carbons (Fsp3) is 0. The second-order valence-electron chi connectivity index (χ2n) is 0.667. The standard InChI is InChI=1S/C2H3FN2O2/c3-2(5-7)1-4-6/h1,6-7H. The first-order valence-electron chi connectivity index (χ1n) is 1.36. The predicted octanol–water partition coefficient (Wildman–Crippen LogP) is 0.204. The molecule has 0 radical (unpaired) electrons. The van der Waals surface area contributed by atoms with E-state index in [-0.39, 0.29) is 0 Å². The lowest BCUT2D eigenvalue weighted by molar-refractivity contribution is 0.310. The summed E-state index contributed by atoms with van der Waals surface area (Å²) in [7, 11) is 0. The molecule has 40 valence electrons. The summed E-state index contributed by atoms with van der Waals surface area (Å²) in [5.74, 6) is -1.23. The van der Waals surface area contributed by atoms with Crippen LogP contribution in [0.5, 0.6) is 0 Å². The topological polar surface area (TPSA) is 65.2 Å². The molecule has 0 aliphatic rings. The van der Waals surface area contributed by atoms with Gasteiger partial charge in [0.2, 0.25) is 0 Å². The highest BCUT2D eigenvalue weighted by Gasteiger charge is 1.84. The van der Waals surface area contributed by atoms with E-state index in [1.807, 2.05) is 5.16 Å². The fourth-order valence-corrected chi connectivity index (χ4v) is 0.0735. The Morgan fingerprint density at radius 3 is 2.29 bits per heavy atom. The fourth-order valence-electron chi connectivity index (χ4n) is 0.0735. The van der Waals surface area contributed by atoms with Gasteiger partial charge >= 0.3 is 0 Å². The van der Waals surface area contributed by atoms with Crippen LogP contribution in [0.2, 0.25) is 0 Å². The van der Waals surface area contributed by atoms with Crippen LogP contribution >= 0.6 is 0 Å². The normalized spacial score (nSPS) is 13.0. The summed E-state index contributed by atoms with van der Waals surface area (Å²) in [4.78, 5) is 0. The van der Waals surface area contributed by atoms with Crippen molar-refractivity contribution in [2.45, 2.75) is 0 Å². The van der Waals surface area contributed by atoms with Gasteiger partial charge in [0.15, 0.2) is 0 Å². The second kappa shape index (κ2) is 3.08. The molecule has 2 N–H and O–H groups in total. The van der Waals surface area contributed by atoms with Gasteiger partial charge in [-0.2, -0.15) is 4.39 Å². The zero-order valence-corrected chi connectivity index (χ0v) is 3.24. The summed E-state index contributed by atoms with van der Waals surface area (Å²) in [5.41, 5.74) is 0. The third-order valence-electron chi connectivity index (χ3n) is 0.260. The molecule has 5 heteroatoms. The quantitative estimate of drug-likeness (QED) is 0.285. The van der Waals surface area contributed by atoms with Crippen LogP contribution in [-0.4, -0.2) is 22.6 Å². The Balaban J connectivity index is 3.58. The van der Waals surface area contributed by atoms with Crippen molar-refractivity contribution in [1.82, 2.24) is 0 Å². The van der Waals surface area contributed by atoms with Gasteiger partial charge < -0.3 is 10.4 Å². The molecule has 0 aliphatic heterocycles. The number of halogens is 1. The van der Waals surface area contributed by atoms with Gasteiger partial charge in [0.25, 0.3) is 5.97 Å². The lowest BCUT2D eigenvalue weighted by Gasteiger charge is -1.72. The van der Waals surface area contributed by atoms with Crippen LogP contribution < -0.4 is 0 Å². The maximum Gasteiger partial charge on any atom is 0.271 e. The van der Waals surface area contributed by atoms with E-state index in [1.165, 1.54) is 0 Å². The van der Waals surface area contributed by atoms with Gasteiger partial charge in [-0.15, -0.1) is 0 Å². The van der Waals surface area contributed by atoms with Gasteiger partial charge in [-0.3, -0.25) is 0 Å². The summed E-state index contributed by atoms with van der Waals surface area (Å²) in [6.45, 7) is 0. The van der Waals surface area contributed by atoms with E-state index in [0.717, 1.165) is 0 Å². The van der Waals surface area contributed by atoms with Gasteiger partial charge in [-0.1, -0.05) is 10.3 Å². The molecule has 0 aromatic carbocycles. The average molecular weight is 106 g/mol. The van der Waals surface area contributed by atoms with Crippen LogP contribution in [-0.2, 0) is 0 Å². The van der Waals surface area contributed by atoms with E-state index in [2.05, 4.69) is 5.16 Å². The molecule has 0 aliphatic carbocycles. The summed E-state index contributed by atoms with van der Waals surface area (Å²) in [6.07, 6.45) is 0.361. The molecule has 4 nitrogen and oxygen atoms in total. The van der Waals surface area contributed by atoms with E-state index in [9.17, 15) is 4.39 Å². The Bertz CT molecular complexity index is 99.9. The van der Waals surface area contributed by atoms with E-state index in [0.29, 0.717) is 6.21 Å². The summed E-state index contributed by atoms with van der Waals surface area (Å²) in [5, 5.41) is 19.2. The second-order valence-corrected chi connectivity index (χ2v) is 0.667. The first-order valence-corrected chi connectivity index (χ1v) is 1.36. The van der Waals surface area contributed by atoms with E-state index in [4.69, 9.17) is 10.4 Å². The zero-order chi connectivity index (χ0) is 5.70. The molecule has 7 heavy (non-hydrogen) atoms. The summed E-state index contributed by atoms with van der Waals surface area (Å²) < 4.78 is 11.3. The van der Waals surface area contributed by atoms with Crippen molar-refractivity contribution in [2.75, 3.05) is 0 Å². The van der Waals surface area contributed by atoms with Gasteiger partial charge in [0.1, 0.15) is 6.21 Å². The predicted molar refractivity (Wildman–Crippen MR) is 20.6 cm³/mol. The smallest absolute Gasteiger partial charge is 0.271 e. The van der Waals surface area contributed by atoms with Crippen LogP contribution in [0.3, 0.4) is 0 Å². The molecule has 0 fully saturated rings. The number of nitrogens with zero attached hydrogens (tertiary/aromatic N) is 2. The summed E-state index contributed by atoms with van der Waals surface area (Å²) in [6, 6.07) is 0. The van der Waals surface area contributed by atoms with Crippen molar-refractivity contribution in [1.29, 1.82) is 0 Å². The van der Waals surface area contributed by atoms with Crippen molar-refractivity contribution in [2.24, 2.45) is 10.3 Å². The van der Waals surface area contributed by atoms with Crippen molar-refractivity contribution < 1.29 is 14.8 Å². The lowest BCUT2D eigenvalue weighted by Crippen LogP contribution is -1.87. The van der Waals surface area contributed by atoms with Crippen LogP contribution in [0.15, 0.2) is 10.3 Å². The highest BCUT2D eigenvalue weighted by Crippen LogP contribution is 1.69. The molecule has 0 heterocycles. The Morgan fingerprint density at radius 2 is 2.14 bits per heavy atom. The molecule has 0 aromatic heterocycles. The first kappa shape index (κ1) is 5.87. The first-order chi connectivity index (χ1) is 3.31. The van der Waals surface area contributed by atoms with E-state index < -0.39 is 5.97 Å². The summed E-state index contributed by atoms with van der Waals surface area (Å²) >= 11 is 0. The Hall–Kier alpha value is -1.13. The molecule has 0 saturated carbocycles. The number of rotatable bonds is 1. The molecular weight excluding hydrogens is 103 g/mol. The Kier molecular flexibility index (Phi) is 2.58. The van der Waals surface area contributed by atoms with Crippen LogP contribution in [0.25, 0.3) is 0 Å². The van der Waals surface area contributed by atoms with Gasteiger partial charge in [0.05, 0.1) is 0 Å². The molecule has 0 unspecified atom stereocenters. The molecule has 0 atom stereocenters. The molecule has 0 bridgehead atoms. The van der Waals surface area contributed by atoms with E-state index in [1.54, 1.807) is 0 Å². The monoisotopic (exact) mass is 106 g/mol. The average Bonchev–Trinajstić information content (AvgIpc) is 1.68. The molecular formula is C2H3FN2O2. The Labute approximate surface area is 38.6 Å². The maximum atomic E-state index is 11.3. The minimum absolute atomic E-state index is 0.361.